The molecule has 0 aliphatic heterocycles. The van der Waals surface area contributed by atoms with Gasteiger partial charge in [-0.05, 0) is 31.5 Å². The van der Waals surface area contributed by atoms with Crippen molar-refractivity contribution in [2.24, 2.45) is 0 Å². The molecular formula is C17H23ClN2O2. The number of amides is 1. The fourth-order valence-electron chi connectivity index (χ4n) is 2.10. The van der Waals surface area contributed by atoms with Crippen LogP contribution in [-0.2, 0) is 4.79 Å². The lowest BCUT2D eigenvalue weighted by Gasteiger charge is -2.14. The molecule has 1 atom stereocenters. The van der Waals surface area contributed by atoms with E-state index < -0.39 is 0 Å². The Labute approximate surface area is 137 Å². The van der Waals surface area contributed by atoms with Crippen molar-refractivity contribution >= 4 is 17.5 Å². The molecule has 0 bridgehead atoms. The zero-order valence-electron chi connectivity index (χ0n) is 13.2. The number of nitrogens with one attached hydrogen (secondary N) is 1. The number of halogens is 1. The highest BCUT2D eigenvalue weighted by Crippen LogP contribution is 2.25. The van der Waals surface area contributed by atoms with Crippen LogP contribution in [0.1, 0.15) is 51.5 Å². The Bertz CT molecular complexity index is 526. The van der Waals surface area contributed by atoms with E-state index in [-0.39, 0.29) is 18.6 Å². The van der Waals surface area contributed by atoms with Gasteiger partial charge in [-0.25, -0.2) is 0 Å². The average molecular weight is 323 g/mol. The number of nitriles is 1. The highest BCUT2D eigenvalue weighted by atomic mass is 35.5. The maximum Gasteiger partial charge on any atom is 0.258 e. The summed E-state index contributed by atoms with van der Waals surface area (Å²) in [5, 5.41) is 12.0. The zero-order valence-corrected chi connectivity index (χ0v) is 13.9. The summed E-state index contributed by atoms with van der Waals surface area (Å²) in [6, 6.07) is 6.86. The van der Waals surface area contributed by atoms with E-state index in [4.69, 9.17) is 21.6 Å². The van der Waals surface area contributed by atoms with E-state index in [1.165, 1.54) is 25.3 Å². The SMILES string of the molecule is CCCCCC[C@@H](C)NC(=O)COc1ccc(C#N)cc1Cl. The number of unbranched alkanes of at least 4 members (excludes halogenated alkanes) is 3. The van der Waals surface area contributed by atoms with Gasteiger partial charge in [-0.15, -0.1) is 0 Å². The summed E-state index contributed by atoms with van der Waals surface area (Å²) in [6.07, 6.45) is 5.75. The summed E-state index contributed by atoms with van der Waals surface area (Å²) in [5.41, 5.74) is 0.461. The molecule has 1 rings (SSSR count). The Morgan fingerprint density at radius 3 is 2.82 bits per heavy atom. The Kier molecular flexibility index (Phi) is 8.39. The van der Waals surface area contributed by atoms with E-state index in [2.05, 4.69) is 12.2 Å². The van der Waals surface area contributed by atoms with Gasteiger partial charge in [-0.3, -0.25) is 4.79 Å². The van der Waals surface area contributed by atoms with E-state index in [0.29, 0.717) is 16.3 Å². The fraction of sp³-hybridized carbons (Fsp3) is 0.529. The molecule has 0 saturated carbocycles. The van der Waals surface area contributed by atoms with Crippen molar-refractivity contribution in [1.82, 2.24) is 5.32 Å². The van der Waals surface area contributed by atoms with Crippen LogP contribution in [0, 0.1) is 11.3 Å². The predicted molar refractivity (Wildman–Crippen MR) is 88.0 cm³/mol. The quantitative estimate of drug-likeness (QED) is 0.697. The van der Waals surface area contributed by atoms with Crippen LogP contribution in [0.15, 0.2) is 18.2 Å². The molecule has 0 aliphatic carbocycles. The highest BCUT2D eigenvalue weighted by Gasteiger charge is 2.09. The van der Waals surface area contributed by atoms with Crippen molar-refractivity contribution in [2.45, 2.75) is 52.0 Å². The summed E-state index contributed by atoms with van der Waals surface area (Å²) >= 11 is 5.99. The lowest BCUT2D eigenvalue weighted by Crippen LogP contribution is -2.36. The minimum atomic E-state index is -0.164. The lowest BCUT2D eigenvalue weighted by atomic mass is 10.1. The molecule has 0 radical (unpaired) electrons. The van der Waals surface area contributed by atoms with E-state index in [1.54, 1.807) is 12.1 Å². The van der Waals surface area contributed by atoms with Crippen molar-refractivity contribution in [3.63, 3.8) is 0 Å². The number of hydrogen-bond donors (Lipinski definition) is 1. The van der Waals surface area contributed by atoms with Crippen LogP contribution in [0.5, 0.6) is 5.75 Å². The number of ether oxygens (including phenoxy) is 1. The van der Waals surface area contributed by atoms with Crippen LogP contribution in [0.2, 0.25) is 5.02 Å². The molecule has 0 saturated heterocycles. The number of nitrogens with zero attached hydrogens (tertiary/aromatic N) is 1. The van der Waals surface area contributed by atoms with Crippen molar-refractivity contribution in [1.29, 1.82) is 5.26 Å². The second-order valence-electron chi connectivity index (χ2n) is 5.36. The van der Waals surface area contributed by atoms with Gasteiger partial charge >= 0.3 is 0 Å². The number of hydrogen-bond acceptors (Lipinski definition) is 3. The molecular weight excluding hydrogens is 300 g/mol. The molecule has 1 aromatic rings. The molecule has 0 aromatic heterocycles. The first kappa shape index (κ1) is 18.3. The van der Waals surface area contributed by atoms with Crippen LogP contribution in [0.25, 0.3) is 0 Å². The summed E-state index contributed by atoms with van der Waals surface area (Å²) in [7, 11) is 0. The molecule has 0 fully saturated rings. The van der Waals surface area contributed by atoms with E-state index >= 15 is 0 Å². The first-order chi connectivity index (χ1) is 10.6. The monoisotopic (exact) mass is 322 g/mol. The first-order valence-corrected chi connectivity index (χ1v) is 8.06. The van der Waals surface area contributed by atoms with Gasteiger partial charge < -0.3 is 10.1 Å². The largest absolute Gasteiger partial charge is 0.482 e. The van der Waals surface area contributed by atoms with Gasteiger partial charge in [0.1, 0.15) is 5.75 Å². The maximum absolute atomic E-state index is 11.8. The minimum absolute atomic E-state index is 0.0785. The summed E-state index contributed by atoms with van der Waals surface area (Å²) in [6.45, 7) is 4.10. The van der Waals surface area contributed by atoms with Crippen molar-refractivity contribution < 1.29 is 9.53 Å². The molecule has 0 heterocycles. The Balaban J connectivity index is 2.32. The fourth-order valence-corrected chi connectivity index (χ4v) is 2.33. The van der Waals surface area contributed by atoms with Gasteiger partial charge in [0.15, 0.2) is 6.61 Å². The molecule has 1 aromatic carbocycles. The highest BCUT2D eigenvalue weighted by molar-refractivity contribution is 6.32. The van der Waals surface area contributed by atoms with E-state index in [9.17, 15) is 4.79 Å². The van der Waals surface area contributed by atoms with E-state index in [0.717, 1.165) is 12.8 Å². The number of carbonyl (C=O) groups excluding carboxylic acids is 1. The van der Waals surface area contributed by atoms with Crippen LogP contribution in [0.3, 0.4) is 0 Å². The molecule has 0 spiro atoms. The van der Waals surface area contributed by atoms with Crippen molar-refractivity contribution in [3.05, 3.63) is 28.8 Å². The summed E-state index contributed by atoms with van der Waals surface area (Å²) < 4.78 is 5.39. The predicted octanol–water partition coefficient (Wildman–Crippen LogP) is 4.07. The molecule has 4 nitrogen and oxygen atoms in total. The average Bonchev–Trinajstić information content (AvgIpc) is 2.50. The van der Waals surface area contributed by atoms with Gasteiger partial charge in [0.25, 0.3) is 5.91 Å². The van der Waals surface area contributed by atoms with E-state index in [1.807, 2.05) is 13.0 Å². The zero-order chi connectivity index (χ0) is 16.4. The van der Waals surface area contributed by atoms with Gasteiger partial charge in [-0.1, -0.05) is 44.2 Å². The molecule has 22 heavy (non-hydrogen) atoms. The van der Waals surface area contributed by atoms with Gasteiger partial charge in [0.2, 0.25) is 0 Å². The molecule has 0 aliphatic rings. The smallest absolute Gasteiger partial charge is 0.258 e. The topological polar surface area (TPSA) is 62.1 Å². The molecule has 1 amide bonds. The molecule has 5 heteroatoms. The van der Waals surface area contributed by atoms with Gasteiger partial charge in [0.05, 0.1) is 16.7 Å². The molecule has 0 unspecified atom stereocenters. The first-order valence-electron chi connectivity index (χ1n) is 7.68. The standard InChI is InChI=1S/C17H23ClN2O2/c1-3-4-5-6-7-13(2)20-17(21)12-22-16-9-8-14(11-19)10-15(16)18/h8-10,13H,3-7,12H2,1-2H3,(H,20,21)/t13-/m1/s1. The van der Waals surface area contributed by atoms with Crippen LogP contribution < -0.4 is 10.1 Å². The second kappa shape index (κ2) is 10.1. The van der Waals surface area contributed by atoms with Crippen LogP contribution >= 0.6 is 11.6 Å². The minimum Gasteiger partial charge on any atom is -0.482 e. The second-order valence-corrected chi connectivity index (χ2v) is 5.77. The molecule has 120 valence electrons. The third-order valence-electron chi connectivity index (χ3n) is 3.32. The third-order valence-corrected chi connectivity index (χ3v) is 3.61. The normalized spacial score (nSPS) is 11.5. The number of rotatable bonds is 9. The van der Waals surface area contributed by atoms with Crippen molar-refractivity contribution in [3.8, 4) is 11.8 Å². The van der Waals surface area contributed by atoms with Crippen LogP contribution in [-0.4, -0.2) is 18.6 Å². The Morgan fingerprint density at radius 2 is 2.18 bits per heavy atom. The third kappa shape index (κ3) is 6.82. The Morgan fingerprint density at radius 1 is 1.41 bits per heavy atom. The lowest BCUT2D eigenvalue weighted by molar-refractivity contribution is -0.123. The summed E-state index contributed by atoms with van der Waals surface area (Å²) in [4.78, 5) is 11.8. The number of benzene rings is 1. The molecule has 1 N–H and O–H groups in total. The number of carbonyl (C=O) groups is 1. The maximum atomic E-state index is 11.8. The van der Waals surface area contributed by atoms with Crippen LogP contribution in [0.4, 0.5) is 0 Å². The van der Waals surface area contributed by atoms with Gasteiger partial charge in [0, 0.05) is 6.04 Å². The van der Waals surface area contributed by atoms with Crippen molar-refractivity contribution in [2.75, 3.05) is 6.61 Å². The summed E-state index contributed by atoms with van der Waals surface area (Å²) in [5.74, 6) is 0.245. The Hall–Kier alpha value is -1.73. The van der Waals surface area contributed by atoms with Gasteiger partial charge in [-0.2, -0.15) is 5.26 Å².